The second-order valence-electron chi connectivity index (χ2n) is 9.41. The summed E-state index contributed by atoms with van der Waals surface area (Å²) in [6.45, 7) is 2.70. The highest BCUT2D eigenvalue weighted by Gasteiger charge is 2.17. The second-order valence-corrected chi connectivity index (χ2v) is 10.5. The van der Waals surface area contributed by atoms with Crippen molar-refractivity contribution in [1.29, 1.82) is 0 Å². The smallest absolute Gasteiger partial charge is 0.222 e. The standard InChI is InChI=1S/C31H36N4O4S/c1-22-8-11-24(12-9-22)30-32-33-31(35(30)25-13-15-26(37-3)16-14-25)40-20-6-7-29(36)34(2)19-18-23-10-17-27(38-4)28(21-23)39-5/h8-17,21H,6-7,18-20H2,1-5H3. The van der Waals surface area contributed by atoms with Crippen LogP contribution in [-0.4, -0.2) is 66.2 Å². The number of ether oxygens (including phenoxy) is 3. The fraction of sp³-hybridized carbons (Fsp3) is 0.323. The Labute approximate surface area is 240 Å². The summed E-state index contributed by atoms with van der Waals surface area (Å²) in [7, 11) is 6.75. The number of carbonyl (C=O) groups excluding carboxylic acids is 1. The van der Waals surface area contributed by atoms with E-state index < -0.39 is 0 Å². The van der Waals surface area contributed by atoms with Gasteiger partial charge in [0.2, 0.25) is 5.91 Å². The minimum Gasteiger partial charge on any atom is -0.497 e. The number of hydrogen-bond acceptors (Lipinski definition) is 7. The van der Waals surface area contributed by atoms with Crippen LogP contribution in [0.25, 0.3) is 17.1 Å². The molecular weight excluding hydrogens is 524 g/mol. The van der Waals surface area contributed by atoms with Crippen molar-refractivity contribution in [2.75, 3.05) is 40.7 Å². The largest absolute Gasteiger partial charge is 0.497 e. The molecule has 0 unspecified atom stereocenters. The normalized spacial score (nSPS) is 10.8. The Balaban J connectivity index is 1.36. The summed E-state index contributed by atoms with van der Waals surface area (Å²) in [6.07, 6.45) is 1.94. The third-order valence-corrected chi connectivity index (χ3v) is 7.66. The van der Waals surface area contributed by atoms with E-state index in [0.717, 1.165) is 52.1 Å². The van der Waals surface area contributed by atoms with Crippen LogP contribution in [0.1, 0.15) is 24.0 Å². The zero-order chi connectivity index (χ0) is 28.5. The van der Waals surface area contributed by atoms with Gasteiger partial charge in [-0.3, -0.25) is 9.36 Å². The molecule has 1 aromatic heterocycles. The fourth-order valence-electron chi connectivity index (χ4n) is 4.25. The molecule has 0 spiro atoms. The van der Waals surface area contributed by atoms with Crippen molar-refractivity contribution in [3.63, 3.8) is 0 Å². The van der Waals surface area contributed by atoms with Crippen LogP contribution in [0, 0.1) is 6.92 Å². The van der Waals surface area contributed by atoms with Crippen molar-refractivity contribution in [1.82, 2.24) is 19.7 Å². The summed E-state index contributed by atoms with van der Waals surface area (Å²) in [4.78, 5) is 14.6. The summed E-state index contributed by atoms with van der Waals surface area (Å²) in [6, 6.07) is 22.0. The predicted molar refractivity (Wildman–Crippen MR) is 159 cm³/mol. The van der Waals surface area contributed by atoms with E-state index in [-0.39, 0.29) is 5.91 Å². The molecule has 0 bridgehead atoms. The number of carbonyl (C=O) groups is 1. The number of likely N-dealkylation sites (N-methyl/N-ethyl adjacent to an activating group) is 1. The van der Waals surface area contributed by atoms with Crippen LogP contribution >= 0.6 is 11.8 Å². The number of thioether (sulfide) groups is 1. The van der Waals surface area contributed by atoms with E-state index in [2.05, 4.69) is 46.0 Å². The van der Waals surface area contributed by atoms with Crippen LogP contribution in [0.5, 0.6) is 17.2 Å². The zero-order valence-electron chi connectivity index (χ0n) is 23.7. The van der Waals surface area contributed by atoms with E-state index in [1.165, 1.54) is 5.56 Å². The quantitative estimate of drug-likeness (QED) is 0.150. The average molecular weight is 561 g/mol. The van der Waals surface area contributed by atoms with Gasteiger partial charge >= 0.3 is 0 Å². The SMILES string of the molecule is COc1ccc(-n2c(SCCCC(=O)N(C)CCc3ccc(OC)c(OC)c3)nnc2-c2ccc(C)cc2)cc1. The highest BCUT2D eigenvalue weighted by molar-refractivity contribution is 7.99. The Kier molecular flexibility index (Phi) is 10.1. The van der Waals surface area contributed by atoms with Crippen LogP contribution in [-0.2, 0) is 11.2 Å². The molecule has 9 heteroatoms. The third kappa shape index (κ3) is 7.15. The van der Waals surface area contributed by atoms with Gasteiger partial charge in [-0.2, -0.15) is 0 Å². The number of benzene rings is 3. The van der Waals surface area contributed by atoms with Gasteiger partial charge in [-0.05, 0) is 61.7 Å². The molecule has 0 aliphatic heterocycles. The first kappa shape index (κ1) is 29.0. The Hall–Kier alpha value is -3.98. The second kappa shape index (κ2) is 13.9. The van der Waals surface area contributed by atoms with Gasteiger partial charge in [-0.25, -0.2) is 0 Å². The molecule has 210 valence electrons. The van der Waals surface area contributed by atoms with Gasteiger partial charge in [0.05, 0.1) is 21.3 Å². The molecule has 0 saturated heterocycles. The van der Waals surface area contributed by atoms with Crippen LogP contribution in [0.2, 0.25) is 0 Å². The Morgan fingerprint density at radius 1 is 0.900 bits per heavy atom. The lowest BCUT2D eigenvalue weighted by atomic mass is 10.1. The number of aromatic nitrogens is 3. The van der Waals surface area contributed by atoms with Crippen molar-refractivity contribution in [3.05, 3.63) is 77.9 Å². The summed E-state index contributed by atoms with van der Waals surface area (Å²) in [5.74, 6) is 3.83. The molecule has 0 aliphatic carbocycles. The van der Waals surface area contributed by atoms with Gasteiger partial charge in [0.1, 0.15) is 5.75 Å². The van der Waals surface area contributed by atoms with Crippen molar-refractivity contribution in [2.24, 2.45) is 0 Å². The summed E-state index contributed by atoms with van der Waals surface area (Å²) >= 11 is 1.60. The Morgan fingerprint density at radius 3 is 2.30 bits per heavy atom. The van der Waals surface area contributed by atoms with E-state index in [1.54, 1.807) is 38.0 Å². The fourth-order valence-corrected chi connectivity index (χ4v) is 5.14. The Morgan fingerprint density at radius 2 is 1.62 bits per heavy atom. The zero-order valence-corrected chi connectivity index (χ0v) is 24.5. The first-order chi connectivity index (χ1) is 19.4. The average Bonchev–Trinajstić information content (AvgIpc) is 3.41. The molecule has 0 N–H and O–H groups in total. The van der Waals surface area contributed by atoms with Crippen molar-refractivity contribution in [3.8, 4) is 34.3 Å². The highest BCUT2D eigenvalue weighted by Crippen LogP contribution is 2.30. The monoisotopic (exact) mass is 560 g/mol. The van der Waals surface area contributed by atoms with Crippen LogP contribution in [0.15, 0.2) is 71.9 Å². The topological polar surface area (TPSA) is 78.7 Å². The minimum absolute atomic E-state index is 0.123. The molecule has 0 saturated carbocycles. The van der Waals surface area contributed by atoms with Gasteiger partial charge in [0.25, 0.3) is 0 Å². The number of nitrogens with zero attached hydrogens (tertiary/aromatic N) is 4. The molecule has 0 atom stereocenters. The van der Waals surface area contributed by atoms with E-state index in [0.29, 0.717) is 24.5 Å². The molecule has 0 fully saturated rings. The maximum absolute atomic E-state index is 12.8. The van der Waals surface area contributed by atoms with E-state index in [9.17, 15) is 4.79 Å². The molecule has 3 aromatic carbocycles. The van der Waals surface area contributed by atoms with Gasteiger partial charge in [-0.1, -0.05) is 47.7 Å². The van der Waals surface area contributed by atoms with E-state index in [4.69, 9.17) is 14.2 Å². The lowest BCUT2D eigenvalue weighted by Gasteiger charge is -2.18. The lowest BCUT2D eigenvalue weighted by Crippen LogP contribution is -2.28. The molecule has 40 heavy (non-hydrogen) atoms. The van der Waals surface area contributed by atoms with Crippen molar-refractivity contribution in [2.45, 2.75) is 31.3 Å². The highest BCUT2D eigenvalue weighted by atomic mass is 32.2. The van der Waals surface area contributed by atoms with Gasteiger partial charge in [-0.15, -0.1) is 10.2 Å². The molecule has 1 amide bonds. The first-order valence-electron chi connectivity index (χ1n) is 13.2. The molecule has 1 heterocycles. The molecule has 4 aromatic rings. The van der Waals surface area contributed by atoms with Gasteiger partial charge < -0.3 is 19.1 Å². The van der Waals surface area contributed by atoms with Crippen LogP contribution < -0.4 is 14.2 Å². The van der Waals surface area contributed by atoms with E-state index in [1.807, 2.05) is 49.5 Å². The maximum atomic E-state index is 12.8. The lowest BCUT2D eigenvalue weighted by molar-refractivity contribution is -0.129. The van der Waals surface area contributed by atoms with E-state index >= 15 is 0 Å². The summed E-state index contributed by atoms with van der Waals surface area (Å²) < 4.78 is 18.1. The summed E-state index contributed by atoms with van der Waals surface area (Å²) in [5.41, 5.74) is 4.23. The van der Waals surface area contributed by atoms with Crippen LogP contribution in [0.3, 0.4) is 0 Å². The number of amides is 1. The van der Waals surface area contributed by atoms with Crippen molar-refractivity contribution >= 4 is 17.7 Å². The number of rotatable bonds is 13. The predicted octanol–water partition coefficient (Wildman–Crippen LogP) is 5.84. The third-order valence-electron chi connectivity index (χ3n) is 6.65. The van der Waals surface area contributed by atoms with Gasteiger partial charge in [0.15, 0.2) is 22.5 Å². The molecule has 0 aliphatic rings. The van der Waals surface area contributed by atoms with Crippen molar-refractivity contribution < 1.29 is 19.0 Å². The number of hydrogen-bond donors (Lipinski definition) is 0. The number of aryl methyl sites for hydroxylation is 1. The Bertz CT molecular complexity index is 1400. The summed E-state index contributed by atoms with van der Waals surface area (Å²) in [5, 5.41) is 9.81. The molecule has 4 rings (SSSR count). The van der Waals surface area contributed by atoms with Crippen LogP contribution in [0.4, 0.5) is 0 Å². The molecule has 8 nitrogen and oxygen atoms in total. The molecular formula is C31H36N4O4S. The maximum Gasteiger partial charge on any atom is 0.222 e. The van der Waals surface area contributed by atoms with Gasteiger partial charge in [0, 0.05) is 37.0 Å². The minimum atomic E-state index is 0.123. The number of methoxy groups -OCH3 is 3. The first-order valence-corrected chi connectivity index (χ1v) is 14.2. The molecule has 0 radical (unpaired) electrons.